The van der Waals surface area contributed by atoms with Crippen molar-refractivity contribution in [1.29, 1.82) is 0 Å². The molecule has 22 heteroatoms. The third-order valence-corrected chi connectivity index (χ3v) is 5.14. The Balaban J connectivity index is 5.91. The molecule has 0 spiro atoms. The highest BCUT2D eigenvalue weighted by molar-refractivity contribution is 5.98. The first-order valence-corrected chi connectivity index (χ1v) is 9.92. The van der Waals surface area contributed by atoms with Crippen molar-refractivity contribution in [2.75, 3.05) is 0 Å². The van der Waals surface area contributed by atoms with Crippen molar-refractivity contribution >= 4 is 11.9 Å². The Labute approximate surface area is 209 Å². The number of carboxylic acids is 2. The first kappa shape index (κ1) is 37.4. The summed E-state index contributed by atoms with van der Waals surface area (Å²) >= 11 is 0. The predicted octanol–water partition coefficient (Wildman–Crippen LogP) is 7.73. The van der Waals surface area contributed by atoms with Crippen LogP contribution < -0.4 is 0 Å². The van der Waals surface area contributed by atoms with Gasteiger partial charge >= 0.3 is 59.8 Å². The van der Waals surface area contributed by atoms with Gasteiger partial charge in [0, 0.05) is 24.0 Å². The van der Waals surface area contributed by atoms with Gasteiger partial charge in [-0.05, 0) is 25.7 Å². The second-order valence-corrected chi connectivity index (χ2v) is 7.98. The molecule has 0 aromatic rings. The second kappa shape index (κ2) is 11.4. The highest BCUT2D eigenvalue weighted by atomic mass is 19.4. The largest absolute Gasteiger partial charge is 0.478 e. The molecule has 0 atom stereocenters. The maximum atomic E-state index is 13.6. The van der Waals surface area contributed by atoms with Gasteiger partial charge in [0.05, 0.1) is 0 Å². The summed E-state index contributed by atoms with van der Waals surface area (Å²) in [5.41, 5.74) is -3.35. The molecule has 0 heterocycles. The smallest absolute Gasteiger partial charge is 0.460 e. The fourth-order valence-corrected chi connectivity index (χ4v) is 2.88. The maximum Gasteiger partial charge on any atom is 0.460 e. The van der Waals surface area contributed by atoms with Crippen LogP contribution in [0.1, 0.15) is 38.5 Å². The SMILES string of the molecule is O=C(O)C(CCCC(F)(F)C(F)(F)C(F)(F)C(F)(F)F)=C(CCCC(F)(F)C(F)(F)C(F)(F)C(F)(F)F)C(=O)O. The lowest BCUT2D eigenvalue weighted by atomic mass is 9.93. The number of carbonyl (C=O) groups is 2. The van der Waals surface area contributed by atoms with Gasteiger partial charge in [0.2, 0.25) is 0 Å². The summed E-state index contributed by atoms with van der Waals surface area (Å²) < 4.78 is 231. The van der Waals surface area contributed by atoms with E-state index in [1.807, 2.05) is 0 Å². The maximum absolute atomic E-state index is 13.6. The third kappa shape index (κ3) is 7.00. The fraction of sp³-hybridized carbons (Fsp3) is 0.778. The molecule has 0 aliphatic rings. The van der Waals surface area contributed by atoms with E-state index in [4.69, 9.17) is 10.2 Å². The van der Waals surface area contributed by atoms with Crippen LogP contribution >= 0.6 is 0 Å². The summed E-state index contributed by atoms with van der Waals surface area (Å²) in [5, 5.41) is 18.0. The number of rotatable bonds is 14. The predicted molar refractivity (Wildman–Crippen MR) is 91.8 cm³/mol. The first-order chi connectivity index (χ1) is 17.3. The van der Waals surface area contributed by atoms with Crippen LogP contribution in [0.3, 0.4) is 0 Å². The molecule has 0 rings (SSSR count). The molecule has 0 saturated carbocycles. The minimum absolute atomic E-state index is 1.67. The molecule has 4 nitrogen and oxygen atoms in total. The number of carboxylic acid groups (broad SMARTS) is 2. The quantitative estimate of drug-likeness (QED) is 0.151. The summed E-state index contributed by atoms with van der Waals surface area (Å²) in [6.07, 6.45) is -26.6. The summed E-state index contributed by atoms with van der Waals surface area (Å²) in [5.74, 6) is -46.2. The zero-order valence-corrected chi connectivity index (χ0v) is 18.8. The van der Waals surface area contributed by atoms with Crippen LogP contribution in [0.2, 0.25) is 0 Å². The Kier molecular flexibility index (Phi) is 10.6. The highest BCUT2D eigenvalue weighted by Gasteiger charge is 2.82. The highest BCUT2D eigenvalue weighted by Crippen LogP contribution is 2.55. The van der Waals surface area contributed by atoms with E-state index in [0.717, 1.165) is 0 Å². The number of aliphatic carboxylic acids is 2. The van der Waals surface area contributed by atoms with Crippen molar-refractivity contribution in [2.45, 2.75) is 86.4 Å². The van der Waals surface area contributed by atoms with Gasteiger partial charge in [-0.1, -0.05) is 0 Å². The molecular weight excluding hydrogens is 622 g/mol. The van der Waals surface area contributed by atoms with E-state index < -0.39 is 109 Å². The molecule has 0 bridgehead atoms. The van der Waals surface area contributed by atoms with Crippen LogP contribution in [0, 0.1) is 0 Å². The minimum atomic E-state index is -7.31. The zero-order chi connectivity index (χ0) is 32.6. The lowest BCUT2D eigenvalue weighted by Gasteiger charge is -2.33. The van der Waals surface area contributed by atoms with Gasteiger partial charge in [-0.15, -0.1) is 0 Å². The van der Waals surface area contributed by atoms with Crippen molar-refractivity contribution in [1.82, 2.24) is 0 Å². The summed E-state index contributed by atoms with van der Waals surface area (Å²) in [6, 6.07) is 0. The van der Waals surface area contributed by atoms with Gasteiger partial charge in [-0.2, -0.15) is 79.0 Å². The Morgan fingerprint density at radius 1 is 0.425 bits per heavy atom. The van der Waals surface area contributed by atoms with Crippen LogP contribution in [0.25, 0.3) is 0 Å². The molecule has 2 N–H and O–H groups in total. The van der Waals surface area contributed by atoms with Crippen molar-refractivity contribution in [2.24, 2.45) is 0 Å². The van der Waals surface area contributed by atoms with Crippen LogP contribution in [0.15, 0.2) is 11.1 Å². The number of halogens is 18. The lowest BCUT2D eigenvalue weighted by molar-refractivity contribution is -0.396. The molecule has 0 fully saturated rings. The summed E-state index contributed by atoms with van der Waals surface area (Å²) in [6.45, 7) is 0. The van der Waals surface area contributed by atoms with Crippen LogP contribution in [0.5, 0.6) is 0 Å². The van der Waals surface area contributed by atoms with E-state index >= 15 is 0 Å². The summed E-state index contributed by atoms with van der Waals surface area (Å²) in [7, 11) is 0. The minimum Gasteiger partial charge on any atom is -0.478 e. The molecule has 0 aliphatic carbocycles. The van der Waals surface area contributed by atoms with Gasteiger partial charge in [0.25, 0.3) is 0 Å². The number of hydrogen-bond donors (Lipinski definition) is 2. The van der Waals surface area contributed by atoms with Crippen LogP contribution in [-0.4, -0.2) is 70.0 Å². The Bertz CT molecular complexity index is 885. The Morgan fingerprint density at radius 2 is 0.650 bits per heavy atom. The monoisotopic (exact) mass is 636 g/mol. The number of alkyl halides is 18. The van der Waals surface area contributed by atoms with E-state index in [9.17, 15) is 88.6 Å². The van der Waals surface area contributed by atoms with E-state index in [1.54, 1.807) is 0 Å². The van der Waals surface area contributed by atoms with Crippen molar-refractivity contribution in [3.05, 3.63) is 11.1 Å². The lowest BCUT2D eigenvalue weighted by Crippen LogP contribution is -2.60. The topological polar surface area (TPSA) is 74.6 Å². The van der Waals surface area contributed by atoms with E-state index in [-0.39, 0.29) is 0 Å². The van der Waals surface area contributed by atoms with Gasteiger partial charge in [-0.3, -0.25) is 0 Å². The first-order valence-electron chi connectivity index (χ1n) is 9.92. The average Bonchev–Trinajstić information content (AvgIpc) is 2.72. The molecule has 0 unspecified atom stereocenters. The van der Waals surface area contributed by atoms with E-state index in [1.165, 1.54) is 0 Å². The Morgan fingerprint density at radius 3 is 0.825 bits per heavy atom. The van der Waals surface area contributed by atoms with E-state index in [0.29, 0.717) is 0 Å². The molecule has 0 radical (unpaired) electrons. The van der Waals surface area contributed by atoms with Crippen molar-refractivity contribution in [3.63, 3.8) is 0 Å². The fourth-order valence-electron chi connectivity index (χ4n) is 2.88. The Hall–Kier alpha value is -2.58. The molecule has 0 aromatic heterocycles. The van der Waals surface area contributed by atoms with Crippen molar-refractivity contribution < 1.29 is 98.8 Å². The normalized spacial score (nSPS) is 15.7. The second-order valence-electron chi connectivity index (χ2n) is 7.98. The molecule has 0 amide bonds. The zero-order valence-electron chi connectivity index (χ0n) is 18.8. The molecule has 0 aromatic carbocycles. The number of hydrogen-bond acceptors (Lipinski definition) is 2. The van der Waals surface area contributed by atoms with Gasteiger partial charge in [-0.25, -0.2) is 9.59 Å². The average molecular weight is 636 g/mol. The van der Waals surface area contributed by atoms with Gasteiger partial charge < -0.3 is 10.2 Å². The standard InChI is InChI=1S/C18H14F18O4/c19-11(20,13(23,24)15(27,28)17(31,32)33)5-1-3-7(9(37)38)8(10(39)40)4-2-6-12(21,22)14(25,26)16(29,30)18(34,35)36/h1-6H2,(H,37,38)(H,39,40). The molecule has 0 aliphatic heterocycles. The summed E-state index contributed by atoms with van der Waals surface area (Å²) in [4.78, 5) is 22.5. The molecule has 40 heavy (non-hydrogen) atoms. The van der Waals surface area contributed by atoms with Crippen LogP contribution in [0.4, 0.5) is 79.0 Å². The molecular formula is C18H14F18O4. The van der Waals surface area contributed by atoms with E-state index in [2.05, 4.69) is 0 Å². The van der Waals surface area contributed by atoms with Crippen LogP contribution in [-0.2, 0) is 9.59 Å². The van der Waals surface area contributed by atoms with Crippen molar-refractivity contribution in [3.8, 4) is 0 Å². The van der Waals surface area contributed by atoms with Gasteiger partial charge in [0.1, 0.15) is 0 Å². The molecule has 236 valence electrons. The molecule has 0 saturated heterocycles. The third-order valence-electron chi connectivity index (χ3n) is 5.14. The van der Waals surface area contributed by atoms with Gasteiger partial charge in [0.15, 0.2) is 0 Å².